The van der Waals surface area contributed by atoms with Crippen LogP contribution in [0.1, 0.15) is 35.5 Å². The summed E-state index contributed by atoms with van der Waals surface area (Å²) in [5, 5.41) is 11.8. The minimum absolute atomic E-state index is 0.0289. The van der Waals surface area contributed by atoms with Crippen molar-refractivity contribution in [2.24, 2.45) is 0 Å². The third-order valence-electron chi connectivity index (χ3n) is 5.36. The topological polar surface area (TPSA) is 92.8 Å². The fourth-order valence-corrected chi connectivity index (χ4v) is 3.91. The van der Waals surface area contributed by atoms with Crippen LogP contribution in [-0.4, -0.2) is 41.1 Å². The molecular weight excluding hydrogens is 400 g/mol. The summed E-state index contributed by atoms with van der Waals surface area (Å²) in [4.78, 5) is 23.1. The second-order valence-corrected chi connectivity index (χ2v) is 7.66. The van der Waals surface area contributed by atoms with Gasteiger partial charge in [0.15, 0.2) is 5.79 Å². The smallest absolute Gasteiger partial charge is 0.354 e. The zero-order valence-electron chi connectivity index (χ0n) is 17.5. The second kappa shape index (κ2) is 8.49. The predicted octanol–water partition coefficient (Wildman–Crippen LogP) is 4.08. The third kappa shape index (κ3) is 4.45. The number of esters is 1. The Morgan fingerprint density at radius 3 is 2.45 bits per heavy atom. The number of carbonyl (C=O) groups excluding carboxylic acids is 1. The van der Waals surface area contributed by atoms with Crippen molar-refractivity contribution in [1.82, 2.24) is 4.57 Å². The Kier molecular flexibility index (Phi) is 5.75. The van der Waals surface area contributed by atoms with Gasteiger partial charge in [0.05, 0.1) is 24.7 Å². The Morgan fingerprint density at radius 2 is 1.81 bits per heavy atom. The summed E-state index contributed by atoms with van der Waals surface area (Å²) in [5.41, 5.74) is 3.23. The van der Waals surface area contributed by atoms with Gasteiger partial charge in [-0.15, -0.1) is 0 Å². The first-order chi connectivity index (χ1) is 14.9. The fraction of sp³-hybridized carbons (Fsp3) is 0.348. The Hall–Kier alpha value is -3.23. The Labute approximate surface area is 179 Å². The first-order valence-corrected chi connectivity index (χ1v) is 10.2. The van der Waals surface area contributed by atoms with Crippen LogP contribution >= 0.6 is 0 Å². The van der Waals surface area contributed by atoms with Gasteiger partial charge >= 0.3 is 5.97 Å². The van der Waals surface area contributed by atoms with Crippen molar-refractivity contribution < 1.29 is 23.9 Å². The molecule has 1 aromatic heterocycles. The van der Waals surface area contributed by atoms with Crippen LogP contribution in [0.3, 0.4) is 0 Å². The SMILES string of the molecule is CCOC(=O)c1cc2cc(CC3(C)OCCO3)ccc2n1Cc1ccc([N+](=O)[O-])cc1. The van der Waals surface area contributed by atoms with Gasteiger partial charge < -0.3 is 18.8 Å². The van der Waals surface area contributed by atoms with E-state index in [0.29, 0.717) is 31.9 Å². The number of non-ortho nitro benzene ring substituents is 1. The van der Waals surface area contributed by atoms with Crippen molar-refractivity contribution >= 4 is 22.6 Å². The maximum Gasteiger partial charge on any atom is 0.354 e. The molecular formula is C23H24N2O6. The number of rotatable bonds is 7. The number of ether oxygens (including phenoxy) is 3. The molecule has 0 aliphatic carbocycles. The number of hydrogen-bond acceptors (Lipinski definition) is 6. The summed E-state index contributed by atoms with van der Waals surface area (Å²) < 4.78 is 18.6. The van der Waals surface area contributed by atoms with Gasteiger partial charge in [-0.05, 0) is 43.2 Å². The molecule has 1 aliphatic heterocycles. The molecule has 1 saturated heterocycles. The molecule has 0 unspecified atom stereocenters. The second-order valence-electron chi connectivity index (χ2n) is 7.66. The van der Waals surface area contributed by atoms with E-state index in [1.54, 1.807) is 19.1 Å². The summed E-state index contributed by atoms with van der Waals surface area (Å²) in [6.07, 6.45) is 0.602. The molecule has 8 heteroatoms. The number of benzene rings is 2. The summed E-state index contributed by atoms with van der Waals surface area (Å²) in [6, 6.07) is 14.1. The molecule has 2 heterocycles. The average Bonchev–Trinajstić information content (AvgIpc) is 3.32. The van der Waals surface area contributed by atoms with Gasteiger partial charge in [-0.25, -0.2) is 4.79 Å². The molecule has 8 nitrogen and oxygen atoms in total. The molecule has 0 saturated carbocycles. The van der Waals surface area contributed by atoms with Crippen LogP contribution in [0.2, 0.25) is 0 Å². The third-order valence-corrected chi connectivity index (χ3v) is 5.36. The molecule has 1 aliphatic rings. The highest BCUT2D eigenvalue weighted by Gasteiger charge is 2.31. The maximum absolute atomic E-state index is 12.6. The molecule has 31 heavy (non-hydrogen) atoms. The fourth-order valence-electron chi connectivity index (χ4n) is 3.91. The maximum atomic E-state index is 12.6. The summed E-state index contributed by atoms with van der Waals surface area (Å²) in [6.45, 7) is 5.51. The largest absolute Gasteiger partial charge is 0.461 e. The van der Waals surface area contributed by atoms with Crippen molar-refractivity contribution in [2.45, 2.75) is 32.6 Å². The number of nitro groups is 1. The van der Waals surface area contributed by atoms with Crippen molar-refractivity contribution in [3.8, 4) is 0 Å². The Balaban J connectivity index is 1.70. The zero-order valence-corrected chi connectivity index (χ0v) is 17.5. The number of hydrogen-bond donors (Lipinski definition) is 0. The van der Waals surface area contributed by atoms with Crippen molar-refractivity contribution in [3.63, 3.8) is 0 Å². The van der Waals surface area contributed by atoms with E-state index in [1.807, 2.05) is 35.8 Å². The van der Waals surface area contributed by atoms with Gasteiger partial charge in [0, 0.05) is 36.0 Å². The number of nitrogens with zero attached hydrogens (tertiary/aromatic N) is 2. The minimum Gasteiger partial charge on any atom is -0.461 e. The highest BCUT2D eigenvalue weighted by atomic mass is 16.7. The molecule has 0 bridgehead atoms. The lowest BCUT2D eigenvalue weighted by atomic mass is 10.0. The number of aromatic nitrogens is 1. The molecule has 0 radical (unpaired) electrons. The van der Waals surface area contributed by atoms with Crippen LogP contribution in [0, 0.1) is 10.1 Å². The first kappa shape index (κ1) is 21.0. The van der Waals surface area contributed by atoms with Crippen molar-refractivity contribution in [1.29, 1.82) is 0 Å². The molecule has 162 valence electrons. The van der Waals surface area contributed by atoms with Crippen LogP contribution in [0.25, 0.3) is 10.9 Å². The van der Waals surface area contributed by atoms with Crippen molar-refractivity contribution in [2.75, 3.05) is 19.8 Å². The summed E-state index contributed by atoms with van der Waals surface area (Å²) in [7, 11) is 0. The van der Waals surface area contributed by atoms with Crippen LogP contribution in [0.15, 0.2) is 48.5 Å². The van der Waals surface area contributed by atoms with Crippen molar-refractivity contribution in [3.05, 3.63) is 75.5 Å². The van der Waals surface area contributed by atoms with E-state index in [9.17, 15) is 14.9 Å². The summed E-state index contributed by atoms with van der Waals surface area (Å²) in [5.74, 6) is -1.05. The van der Waals surface area contributed by atoms with Gasteiger partial charge in [0.2, 0.25) is 0 Å². The van der Waals surface area contributed by atoms with E-state index in [4.69, 9.17) is 14.2 Å². The first-order valence-electron chi connectivity index (χ1n) is 10.2. The van der Waals surface area contributed by atoms with E-state index < -0.39 is 16.7 Å². The lowest BCUT2D eigenvalue weighted by Gasteiger charge is -2.22. The molecule has 0 atom stereocenters. The standard InChI is InChI=1S/C23H24N2O6/c1-3-29-22(26)21-13-18-12-17(14-23(2)30-10-11-31-23)6-9-20(18)24(21)15-16-4-7-19(8-5-16)25(27)28/h4-9,12-13H,3,10-11,14-15H2,1-2H3. The van der Waals surface area contributed by atoms with Crippen LogP contribution in [-0.2, 0) is 27.2 Å². The van der Waals surface area contributed by atoms with E-state index in [0.717, 1.165) is 22.0 Å². The molecule has 4 rings (SSSR count). The van der Waals surface area contributed by atoms with Gasteiger partial charge in [-0.1, -0.05) is 18.2 Å². The Bertz CT molecular complexity index is 1110. The number of nitro benzene ring substituents is 1. The van der Waals surface area contributed by atoms with E-state index in [2.05, 4.69) is 0 Å². The molecule has 0 spiro atoms. The molecule has 0 N–H and O–H groups in total. The number of fused-ring (bicyclic) bond motifs is 1. The van der Waals surface area contributed by atoms with Gasteiger partial charge in [0.25, 0.3) is 5.69 Å². The molecule has 2 aromatic carbocycles. The van der Waals surface area contributed by atoms with Gasteiger partial charge in [-0.3, -0.25) is 10.1 Å². The average molecular weight is 424 g/mol. The van der Waals surface area contributed by atoms with E-state index >= 15 is 0 Å². The van der Waals surface area contributed by atoms with Crippen LogP contribution in [0.4, 0.5) is 5.69 Å². The zero-order chi connectivity index (χ0) is 22.0. The Morgan fingerprint density at radius 1 is 1.13 bits per heavy atom. The highest BCUT2D eigenvalue weighted by molar-refractivity contribution is 5.96. The molecule has 0 amide bonds. The molecule has 3 aromatic rings. The molecule has 1 fully saturated rings. The lowest BCUT2D eigenvalue weighted by molar-refractivity contribution is -0.384. The monoisotopic (exact) mass is 424 g/mol. The van der Waals surface area contributed by atoms with Crippen LogP contribution < -0.4 is 0 Å². The lowest BCUT2D eigenvalue weighted by Crippen LogP contribution is -2.28. The quantitative estimate of drug-likeness (QED) is 0.322. The minimum atomic E-state index is -0.640. The van der Waals surface area contributed by atoms with E-state index in [-0.39, 0.29) is 12.3 Å². The summed E-state index contributed by atoms with van der Waals surface area (Å²) >= 11 is 0. The highest BCUT2D eigenvalue weighted by Crippen LogP contribution is 2.28. The normalized spacial score (nSPS) is 15.3. The van der Waals surface area contributed by atoms with E-state index in [1.165, 1.54) is 12.1 Å². The van der Waals surface area contributed by atoms with Gasteiger partial charge in [0.1, 0.15) is 5.69 Å². The number of carbonyl (C=O) groups is 1. The predicted molar refractivity (Wildman–Crippen MR) is 114 cm³/mol. The van der Waals surface area contributed by atoms with Gasteiger partial charge in [-0.2, -0.15) is 0 Å². The van der Waals surface area contributed by atoms with Crippen LogP contribution in [0.5, 0.6) is 0 Å².